The molecule has 0 saturated heterocycles. The Kier molecular flexibility index (Phi) is 4.73. The summed E-state index contributed by atoms with van der Waals surface area (Å²) >= 11 is 0. The zero-order valence-electron chi connectivity index (χ0n) is 8.87. The van der Waals surface area contributed by atoms with Gasteiger partial charge in [-0.3, -0.25) is 0 Å². The lowest BCUT2D eigenvalue weighted by atomic mass is 9.84. The number of hydrogen-bond acceptors (Lipinski definition) is 3. The van der Waals surface area contributed by atoms with Crippen molar-refractivity contribution in [3.05, 3.63) is 0 Å². The molecule has 1 rings (SSSR count). The van der Waals surface area contributed by atoms with Gasteiger partial charge in [-0.25, -0.2) is 0 Å². The van der Waals surface area contributed by atoms with Crippen molar-refractivity contribution in [1.29, 1.82) is 0 Å². The Hall–Kier alpha value is -0.770. The van der Waals surface area contributed by atoms with Gasteiger partial charge in [-0.2, -0.15) is 0 Å². The minimum atomic E-state index is 0.257. The molecule has 0 spiro atoms. The average Bonchev–Trinajstić information content (AvgIpc) is 2.26. The Balaban J connectivity index is 2.22. The second kappa shape index (κ2) is 5.86. The Morgan fingerprint density at radius 3 is 2.71 bits per heavy atom. The minimum absolute atomic E-state index is 0.257. The number of amidine groups is 1. The Morgan fingerprint density at radius 1 is 1.50 bits per heavy atom. The SMILES string of the molecule is C[C@@H](NCC(N)=NO)C1CCCCC1. The van der Waals surface area contributed by atoms with Crippen LogP contribution in [0, 0.1) is 5.92 Å². The molecule has 0 unspecified atom stereocenters. The van der Waals surface area contributed by atoms with E-state index in [0.717, 1.165) is 5.92 Å². The Bertz CT molecular complexity index is 188. The molecule has 0 aromatic rings. The average molecular weight is 199 g/mol. The lowest BCUT2D eigenvalue weighted by molar-refractivity contribution is 0.285. The highest BCUT2D eigenvalue weighted by Gasteiger charge is 2.19. The van der Waals surface area contributed by atoms with Gasteiger partial charge in [-0.15, -0.1) is 0 Å². The van der Waals surface area contributed by atoms with Crippen LogP contribution in [0.5, 0.6) is 0 Å². The van der Waals surface area contributed by atoms with Crippen molar-refractivity contribution >= 4 is 5.84 Å². The van der Waals surface area contributed by atoms with E-state index in [1.807, 2.05) is 0 Å². The van der Waals surface area contributed by atoms with E-state index in [9.17, 15) is 0 Å². The molecule has 0 aromatic heterocycles. The first-order valence-electron chi connectivity index (χ1n) is 5.44. The van der Waals surface area contributed by atoms with Gasteiger partial charge >= 0.3 is 0 Å². The molecular weight excluding hydrogens is 178 g/mol. The molecule has 1 atom stereocenters. The number of rotatable bonds is 4. The van der Waals surface area contributed by atoms with Crippen LogP contribution in [-0.4, -0.2) is 23.6 Å². The van der Waals surface area contributed by atoms with E-state index in [1.165, 1.54) is 32.1 Å². The lowest BCUT2D eigenvalue weighted by Crippen LogP contribution is -2.39. The second-order valence-corrected chi connectivity index (χ2v) is 4.16. The van der Waals surface area contributed by atoms with Crippen molar-refractivity contribution in [1.82, 2.24) is 5.32 Å². The first-order valence-corrected chi connectivity index (χ1v) is 5.44. The minimum Gasteiger partial charge on any atom is -0.409 e. The van der Waals surface area contributed by atoms with Crippen LogP contribution in [0.15, 0.2) is 5.16 Å². The number of nitrogens with two attached hydrogens (primary N) is 1. The molecule has 1 fully saturated rings. The number of nitrogens with one attached hydrogen (secondary N) is 1. The molecule has 82 valence electrons. The van der Waals surface area contributed by atoms with Crippen molar-refractivity contribution in [3.63, 3.8) is 0 Å². The number of oxime groups is 1. The van der Waals surface area contributed by atoms with Crippen LogP contribution in [0.25, 0.3) is 0 Å². The summed E-state index contributed by atoms with van der Waals surface area (Å²) in [6, 6.07) is 0.468. The first-order chi connectivity index (χ1) is 6.74. The second-order valence-electron chi connectivity index (χ2n) is 4.16. The quantitative estimate of drug-likeness (QED) is 0.276. The fourth-order valence-corrected chi connectivity index (χ4v) is 2.10. The maximum Gasteiger partial charge on any atom is 0.153 e. The van der Waals surface area contributed by atoms with E-state index < -0.39 is 0 Å². The van der Waals surface area contributed by atoms with Crippen LogP contribution in [0.1, 0.15) is 39.0 Å². The van der Waals surface area contributed by atoms with Gasteiger partial charge in [-0.05, 0) is 25.7 Å². The van der Waals surface area contributed by atoms with E-state index in [2.05, 4.69) is 17.4 Å². The summed E-state index contributed by atoms with van der Waals surface area (Å²) in [4.78, 5) is 0. The monoisotopic (exact) mass is 199 g/mol. The summed E-state index contributed by atoms with van der Waals surface area (Å²) < 4.78 is 0. The fraction of sp³-hybridized carbons (Fsp3) is 0.900. The van der Waals surface area contributed by atoms with E-state index in [0.29, 0.717) is 12.6 Å². The van der Waals surface area contributed by atoms with E-state index in [4.69, 9.17) is 10.9 Å². The van der Waals surface area contributed by atoms with Crippen molar-refractivity contribution in [2.75, 3.05) is 6.54 Å². The molecule has 4 nitrogen and oxygen atoms in total. The van der Waals surface area contributed by atoms with Crippen molar-refractivity contribution in [2.24, 2.45) is 16.8 Å². The van der Waals surface area contributed by atoms with Crippen LogP contribution in [0.4, 0.5) is 0 Å². The summed E-state index contributed by atoms with van der Waals surface area (Å²) in [7, 11) is 0. The molecule has 0 radical (unpaired) electrons. The molecule has 0 aromatic carbocycles. The lowest BCUT2D eigenvalue weighted by Gasteiger charge is -2.28. The highest BCUT2D eigenvalue weighted by atomic mass is 16.4. The van der Waals surface area contributed by atoms with Crippen LogP contribution >= 0.6 is 0 Å². The van der Waals surface area contributed by atoms with Gasteiger partial charge in [0.15, 0.2) is 5.84 Å². The molecule has 0 heterocycles. The van der Waals surface area contributed by atoms with E-state index in [-0.39, 0.29) is 5.84 Å². The molecule has 4 N–H and O–H groups in total. The summed E-state index contributed by atoms with van der Waals surface area (Å²) in [6.07, 6.45) is 6.69. The van der Waals surface area contributed by atoms with Gasteiger partial charge in [0.05, 0.1) is 6.54 Å². The van der Waals surface area contributed by atoms with Gasteiger partial charge in [0.1, 0.15) is 0 Å². The topological polar surface area (TPSA) is 70.6 Å². The molecule has 14 heavy (non-hydrogen) atoms. The fourth-order valence-electron chi connectivity index (χ4n) is 2.10. The zero-order chi connectivity index (χ0) is 10.4. The maximum absolute atomic E-state index is 8.38. The molecule has 0 aliphatic heterocycles. The first kappa shape index (κ1) is 11.3. The predicted octanol–water partition coefficient (Wildman–Crippen LogP) is 1.29. The summed E-state index contributed by atoms with van der Waals surface area (Å²) in [6.45, 7) is 2.66. The number of nitrogens with zero attached hydrogens (tertiary/aromatic N) is 1. The Morgan fingerprint density at radius 2 is 2.14 bits per heavy atom. The van der Waals surface area contributed by atoms with Crippen molar-refractivity contribution in [3.8, 4) is 0 Å². The van der Waals surface area contributed by atoms with Crippen LogP contribution in [0.3, 0.4) is 0 Å². The summed E-state index contributed by atoms with van der Waals surface area (Å²) in [5.41, 5.74) is 5.39. The van der Waals surface area contributed by atoms with Crippen molar-refractivity contribution < 1.29 is 5.21 Å². The predicted molar refractivity (Wildman–Crippen MR) is 57.4 cm³/mol. The van der Waals surface area contributed by atoms with Crippen LogP contribution in [-0.2, 0) is 0 Å². The molecule has 1 saturated carbocycles. The Labute approximate surface area is 85.6 Å². The van der Waals surface area contributed by atoms with Crippen molar-refractivity contribution in [2.45, 2.75) is 45.1 Å². The largest absolute Gasteiger partial charge is 0.409 e. The van der Waals surface area contributed by atoms with Gasteiger partial charge in [0, 0.05) is 6.04 Å². The normalized spacial score (nSPS) is 22.2. The molecular formula is C10H21N3O. The maximum atomic E-state index is 8.38. The smallest absolute Gasteiger partial charge is 0.153 e. The van der Waals surface area contributed by atoms with Crippen LogP contribution < -0.4 is 11.1 Å². The third-order valence-electron chi connectivity index (χ3n) is 3.09. The van der Waals surface area contributed by atoms with Gasteiger partial charge in [0.2, 0.25) is 0 Å². The summed E-state index contributed by atoms with van der Waals surface area (Å²) in [5.74, 6) is 1.02. The molecule has 1 aliphatic carbocycles. The molecule has 0 bridgehead atoms. The van der Waals surface area contributed by atoms with Gasteiger partial charge in [0.25, 0.3) is 0 Å². The summed E-state index contributed by atoms with van der Waals surface area (Å²) in [5, 5.41) is 14.6. The molecule has 1 aliphatic rings. The third-order valence-corrected chi connectivity index (χ3v) is 3.09. The highest BCUT2D eigenvalue weighted by molar-refractivity contribution is 5.81. The third kappa shape index (κ3) is 3.54. The standard InChI is InChI=1S/C10H21N3O/c1-8(12-7-10(11)13-14)9-5-3-2-4-6-9/h8-9,12,14H,2-7H2,1H3,(H2,11,13)/t8-/m1/s1. The van der Waals surface area contributed by atoms with E-state index >= 15 is 0 Å². The highest BCUT2D eigenvalue weighted by Crippen LogP contribution is 2.26. The van der Waals surface area contributed by atoms with Crippen LogP contribution in [0.2, 0.25) is 0 Å². The van der Waals surface area contributed by atoms with E-state index in [1.54, 1.807) is 0 Å². The molecule has 4 heteroatoms. The van der Waals surface area contributed by atoms with Gasteiger partial charge < -0.3 is 16.3 Å². The zero-order valence-corrected chi connectivity index (χ0v) is 8.87. The molecule has 0 amide bonds. The van der Waals surface area contributed by atoms with Gasteiger partial charge in [-0.1, -0.05) is 24.4 Å². The number of hydrogen-bond donors (Lipinski definition) is 3.